The number of nitrogens with zero attached hydrogens (tertiary/aromatic N) is 2. The molecular formula is C17H27N3O. The molecule has 1 aromatic rings. The lowest BCUT2D eigenvalue weighted by molar-refractivity contribution is -0.0592. The van der Waals surface area contributed by atoms with Gasteiger partial charge in [-0.2, -0.15) is 0 Å². The molecule has 1 saturated carbocycles. The van der Waals surface area contributed by atoms with Gasteiger partial charge < -0.3 is 10.1 Å². The third-order valence-corrected chi connectivity index (χ3v) is 4.56. The first-order valence-corrected chi connectivity index (χ1v) is 8.25. The molecule has 4 nitrogen and oxygen atoms in total. The van der Waals surface area contributed by atoms with Gasteiger partial charge in [-0.3, -0.25) is 9.88 Å². The average molecular weight is 289 g/mol. The molecule has 3 rings (SSSR count). The average Bonchev–Trinajstić information content (AvgIpc) is 2.96. The zero-order valence-corrected chi connectivity index (χ0v) is 13.2. The number of aromatic nitrogens is 1. The molecule has 1 aromatic heterocycles. The monoisotopic (exact) mass is 289 g/mol. The molecule has 2 atom stereocenters. The third kappa shape index (κ3) is 3.82. The second-order valence-electron chi connectivity index (χ2n) is 6.57. The molecule has 0 spiro atoms. The molecule has 1 aliphatic carbocycles. The second kappa shape index (κ2) is 6.86. The highest BCUT2D eigenvalue weighted by molar-refractivity contribution is 5.14. The van der Waals surface area contributed by atoms with Crippen molar-refractivity contribution < 1.29 is 4.74 Å². The Morgan fingerprint density at radius 3 is 3.05 bits per heavy atom. The lowest BCUT2D eigenvalue weighted by atomic mass is 10.1. The molecule has 2 unspecified atom stereocenters. The van der Waals surface area contributed by atoms with Crippen molar-refractivity contribution in [2.75, 3.05) is 13.2 Å². The summed E-state index contributed by atoms with van der Waals surface area (Å²) in [6.45, 7) is 8.10. The molecule has 1 aliphatic heterocycles. The zero-order valence-electron chi connectivity index (χ0n) is 13.2. The van der Waals surface area contributed by atoms with E-state index in [1.165, 1.54) is 30.5 Å². The van der Waals surface area contributed by atoms with Crippen LogP contribution >= 0.6 is 0 Å². The summed E-state index contributed by atoms with van der Waals surface area (Å²) in [6, 6.07) is 5.50. The normalized spacial score (nSPS) is 26.2. The van der Waals surface area contributed by atoms with Crippen LogP contribution in [0.15, 0.2) is 18.3 Å². The van der Waals surface area contributed by atoms with Crippen LogP contribution in [-0.2, 0) is 17.8 Å². The van der Waals surface area contributed by atoms with Crippen molar-refractivity contribution in [2.24, 2.45) is 0 Å². The first-order chi connectivity index (χ1) is 10.2. The van der Waals surface area contributed by atoms with Gasteiger partial charge in [0.05, 0.1) is 18.4 Å². The number of rotatable bonds is 5. The van der Waals surface area contributed by atoms with Crippen LogP contribution < -0.4 is 5.32 Å². The van der Waals surface area contributed by atoms with Crippen LogP contribution in [0, 0.1) is 0 Å². The molecule has 2 aliphatic rings. The van der Waals surface area contributed by atoms with Crippen LogP contribution in [0.25, 0.3) is 0 Å². The van der Waals surface area contributed by atoms with E-state index >= 15 is 0 Å². The van der Waals surface area contributed by atoms with E-state index < -0.39 is 0 Å². The quantitative estimate of drug-likeness (QED) is 0.903. The lowest BCUT2D eigenvalue weighted by Gasteiger charge is -2.37. The molecule has 0 bridgehead atoms. The maximum Gasteiger partial charge on any atom is 0.0731 e. The highest BCUT2D eigenvalue weighted by Gasteiger charge is 2.35. The minimum Gasteiger partial charge on any atom is -0.375 e. The van der Waals surface area contributed by atoms with Crippen LogP contribution in [0.2, 0.25) is 0 Å². The SMILES string of the molecule is CC(C)NCc1ccc(CN2CCOC3CCCC32)nc1. The molecule has 2 heterocycles. The topological polar surface area (TPSA) is 37.4 Å². The number of pyridine rings is 1. The van der Waals surface area contributed by atoms with Crippen LogP contribution in [0.4, 0.5) is 0 Å². The van der Waals surface area contributed by atoms with Crippen molar-refractivity contribution in [3.8, 4) is 0 Å². The fraction of sp³-hybridized carbons (Fsp3) is 0.706. The van der Waals surface area contributed by atoms with Gasteiger partial charge in [0, 0.05) is 37.9 Å². The van der Waals surface area contributed by atoms with Gasteiger partial charge in [0.1, 0.15) is 0 Å². The van der Waals surface area contributed by atoms with E-state index in [0.717, 1.165) is 26.2 Å². The van der Waals surface area contributed by atoms with E-state index in [1.807, 2.05) is 6.20 Å². The van der Waals surface area contributed by atoms with E-state index in [2.05, 4.69) is 41.2 Å². The van der Waals surface area contributed by atoms with E-state index in [1.54, 1.807) is 0 Å². The third-order valence-electron chi connectivity index (χ3n) is 4.56. The second-order valence-corrected chi connectivity index (χ2v) is 6.57. The molecule has 1 N–H and O–H groups in total. The highest BCUT2D eigenvalue weighted by atomic mass is 16.5. The van der Waals surface area contributed by atoms with Gasteiger partial charge in [-0.15, -0.1) is 0 Å². The summed E-state index contributed by atoms with van der Waals surface area (Å²) in [5, 5.41) is 3.43. The standard InChI is InChI=1S/C17H27N3O/c1-13(2)18-10-14-6-7-15(19-11-14)12-20-8-9-21-17-5-3-4-16(17)20/h6-7,11,13,16-18H,3-5,8-10,12H2,1-2H3. The predicted molar refractivity (Wildman–Crippen MR) is 84.0 cm³/mol. The maximum absolute atomic E-state index is 5.87. The van der Waals surface area contributed by atoms with Crippen LogP contribution in [-0.4, -0.2) is 41.2 Å². The number of nitrogens with one attached hydrogen (secondary N) is 1. The number of hydrogen-bond donors (Lipinski definition) is 1. The summed E-state index contributed by atoms with van der Waals surface area (Å²) < 4.78 is 5.87. The summed E-state index contributed by atoms with van der Waals surface area (Å²) >= 11 is 0. The summed E-state index contributed by atoms with van der Waals surface area (Å²) in [4.78, 5) is 7.21. The van der Waals surface area contributed by atoms with Crippen molar-refractivity contribution in [3.05, 3.63) is 29.6 Å². The predicted octanol–water partition coefficient (Wildman–Crippen LogP) is 2.33. The van der Waals surface area contributed by atoms with Crippen LogP contribution in [0.1, 0.15) is 44.4 Å². The Morgan fingerprint density at radius 1 is 1.38 bits per heavy atom. The van der Waals surface area contributed by atoms with Crippen LogP contribution in [0.5, 0.6) is 0 Å². The molecule has 0 amide bonds. The van der Waals surface area contributed by atoms with Gasteiger partial charge >= 0.3 is 0 Å². The molecule has 1 saturated heterocycles. The molecule has 0 radical (unpaired) electrons. The van der Waals surface area contributed by atoms with Gasteiger partial charge in [0.15, 0.2) is 0 Å². The molecule has 4 heteroatoms. The fourth-order valence-electron chi connectivity index (χ4n) is 3.39. The van der Waals surface area contributed by atoms with Crippen molar-refractivity contribution in [1.82, 2.24) is 15.2 Å². The minimum atomic E-state index is 0.466. The van der Waals surface area contributed by atoms with Crippen molar-refractivity contribution in [2.45, 2.75) is 64.4 Å². The van der Waals surface area contributed by atoms with Gasteiger partial charge in [0.25, 0.3) is 0 Å². The first-order valence-electron chi connectivity index (χ1n) is 8.25. The number of hydrogen-bond acceptors (Lipinski definition) is 4. The van der Waals surface area contributed by atoms with E-state index in [4.69, 9.17) is 4.74 Å². The van der Waals surface area contributed by atoms with Crippen LogP contribution in [0.3, 0.4) is 0 Å². The molecule has 116 valence electrons. The highest BCUT2D eigenvalue weighted by Crippen LogP contribution is 2.30. The summed E-state index contributed by atoms with van der Waals surface area (Å²) in [5.74, 6) is 0. The largest absolute Gasteiger partial charge is 0.375 e. The minimum absolute atomic E-state index is 0.466. The van der Waals surface area contributed by atoms with E-state index in [0.29, 0.717) is 18.2 Å². The Bertz CT molecular complexity index is 446. The molecular weight excluding hydrogens is 262 g/mol. The number of ether oxygens (including phenoxy) is 1. The number of fused-ring (bicyclic) bond motifs is 1. The van der Waals surface area contributed by atoms with Gasteiger partial charge in [0.2, 0.25) is 0 Å². The van der Waals surface area contributed by atoms with E-state index in [-0.39, 0.29) is 0 Å². The Labute approximate surface area is 127 Å². The van der Waals surface area contributed by atoms with Crippen molar-refractivity contribution in [1.29, 1.82) is 0 Å². The Morgan fingerprint density at radius 2 is 2.29 bits per heavy atom. The molecule has 0 aromatic carbocycles. The zero-order chi connectivity index (χ0) is 14.7. The van der Waals surface area contributed by atoms with Gasteiger partial charge in [-0.25, -0.2) is 0 Å². The lowest BCUT2D eigenvalue weighted by Crippen LogP contribution is -2.47. The van der Waals surface area contributed by atoms with Crippen molar-refractivity contribution >= 4 is 0 Å². The maximum atomic E-state index is 5.87. The summed E-state index contributed by atoms with van der Waals surface area (Å²) in [7, 11) is 0. The van der Waals surface area contributed by atoms with Crippen molar-refractivity contribution in [3.63, 3.8) is 0 Å². The molecule has 2 fully saturated rings. The van der Waals surface area contributed by atoms with Gasteiger partial charge in [-0.05, 0) is 30.9 Å². The fourth-order valence-corrected chi connectivity index (χ4v) is 3.39. The van der Waals surface area contributed by atoms with E-state index in [9.17, 15) is 0 Å². The first kappa shape index (κ1) is 14.9. The Kier molecular flexibility index (Phi) is 4.88. The smallest absolute Gasteiger partial charge is 0.0731 e. The summed E-state index contributed by atoms with van der Waals surface area (Å²) in [5.41, 5.74) is 2.43. The Hall–Kier alpha value is -0.970. The number of morpholine rings is 1. The summed E-state index contributed by atoms with van der Waals surface area (Å²) in [6.07, 6.45) is 6.29. The van der Waals surface area contributed by atoms with Gasteiger partial charge in [-0.1, -0.05) is 19.9 Å². The molecule has 21 heavy (non-hydrogen) atoms. The Balaban J connectivity index is 1.57.